The van der Waals surface area contributed by atoms with Crippen LogP contribution in [0, 0.1) is 0 Å². The van der Waals surface area contributed by atoms with Crippen molar-refractivity contribution in [1.29, 1.82) is 0 Å². The van der Waals surface area contributed by atoms with Gasteiger partial charge < -0.3 is 0 Å². The first-order chi connectivity index (χ1) is 5.86. The molecule has 0 amide bonds. The van der Waals surface area contributed by atoms with Crippen LogP contribution in [0.2, 0.25) is 0 Å². The largest absolute Gasteiger partial charge is 0.284 e. The highest BCUT2D eigenvalue weighted by atomic mass is 15.3. The Morgan fingerprint density at radius 1 is 0.833 bits per heavy atom. The molecule has 1 aromatic heterocycles. The minimum atomic E-state index is 0.964. The van der Waals surface area contributed by atoms with Gasteiger partial charge in [-0.05, 0) is 25.0 Å². The molecule has 0 fully saturated rings. The number of H-pyrrole nitrogens is 4. The van der Waals surface area contributed by atoms with Crippen molar-refractivity contribution >= 4 is 12.2 Å². The molecular weight excluding hydrogens is 152 g/mol. The number of aromatic nitrogens is 4. The van der Waals surface area contributed by atoms with Crippen LogP contribution in [0.15, 0.2) is 0 Å². The summed E-state index contributed by atoms with van der Waals surface area (Å²) < 4.78 is 0. The van der Waals surface area contributed by atoms with E-state index >= 15 is 0 Å². The van der Waals surface area contributed by atoms with Gasteiger partial charge in [0, 0.05) is 0 Å². The van der Waals surface area contributed by atoms with Crippen LogP contribution in [0.3, 0.4) is 0 Å². The first kappa shape index (κ1) is 8.77. The number of rotatable bonds is 2. The fourth-order valence-corrected chi connectivity index (χ4v) is 0.944. The van der Waals surface area contributed by atoms with E-state index in [1.807, 2.05) is 0 Å². The number of nitrogens with one attached hydrogen (secondary N) is 4. The first-order valence-electron chi connectivity index (χ1n) is 4.31. The van der Waals surface area contributed by atoms with E-state index < -0.39 is 0 Å². The average molecular weight is 168 g/mol. The second-order valence-corrected chi connectivity index (χ2v) is 2.55. The van der Waals surface area contributed by atoms with Crippen LogP contribution in [0.5, 0.6) is 0 Å². The van der Waals surface area contributed by atoms with Crippen molar-refractivity contribution in [2.45, 2.75) is 26.7 Å². The van der Waals surface area contributed by atoms with Crippen molar-refractivity contribution in [3.05, 3.63) is 11.0 Å². The lowest BCUT2D eigenvalue weighted by Gasteiger charge is -1.92. The van der Waals surface area contributed by atoms with Gasteiger partial charge in [-0.1, -0.05) is 13.8 Å². The van der Waals surface area contributed by atoms with Crippen LogP contribution >= 0.6 is 0 Å². The Labute approximate surface area is 71.1 Å². The maximum atomic E-state index is 3.02. The Hall–Kier alpha value is -1.32. The summed E-state index contributed by atoms with van der Waals surface area (Å²) in [5, 5.41) is 12.1. The lowest BCUT2D eigenvalue weighted by Crippen LogP contribution is -2.26. The smallest absolute Gasteiger partial charge is 0.132 e. The average Bonchev–Trinajstić information content (AvgIpc) is 2.09. The number of hydrogen-bond acceptors (Lipinski definition) is 0. The predicted molar refractivity (Wildman–Crippen MR) is 50.2 cm³/mol. The molecule has 0 aromatic carbocycles. The summed E-state index contributed by atoms with van der Waals surface area (Å²) >= 11 is 0. The van der Waals surface area contributed by atoms with Crippen molar-refractivity contribution in [1.82, 2.24) is 20.4 Å². The Morgan fingerprint density at radius 2 is 1.17 bits per heavy atom. The predicted octanol–water partition coefficient (Wildman–Crippen LogP) is 0.504. The molecule has 4 heteroatoms. The number of hydrogen-bond donors (Lipinski definition) is 4. The molecule has 0 saturated carbocycles. The summed E-state index contributed by atoms with van der Waals surface area (Å²) in [6, 6.07) is 0. The third-order valence-corrected chi connectivity index (χ3v) is 1.48. The second kappa shape index (κ2) is 4.54. The van der Waals surface area contributed by atoms with Crippen molar-refractivity contribution in [3.63, 3.8) is 0 Å². The molecule has 0 unspecified atom stereocenters. The molecule has 1 heterocycles. The Morgan fingerprint density at radius 3 is 1.42 bits per heavy atom. The fraction of sp³-hybridized carbons (Fsp3) is 0.500. The SMILES string of the molecule is CCC=c1[nH][nH]c(=CCC)[nH][nH]1. The maximum absolute atomic E-state index is 3.02. The fourth-order valence-electron chi connectivity index (χ4n) is 0.944. The Balaban J connectivity index is 3.01. The molecule has 0 atom stereocenters. The third kappa shape index (κ3) is 2.38. The van der Waals surface area contributed by atoms with Crippen molar-refractivity contribution in [2.24, 2.45) is 0 Å². The molecule has 4 nitrogen and oxygen atoms in total. The molecule has 0 spiro atoms. The van der Waals surface area contributed by atoms with Gasteiger partial charge in [0.2, 0.25) is 0 Å². The van der Waals surface area contributed by atoms with E-state index in [0.717, 1.165) is 23.8 Å². The van der Waals surface area contributed by atoms with Gasteiger partial charge in [-0.2, -0.15) is 0 Å². The van der Waals surface area contributed by atoms with Crippen molar-refractivity contribution in [3.8, 4) is 0 Å². The molecule has 0 aliphatic rings. The second-order valence-electron chi connectivity index (χ2n) is 2.55. The quantitative estimate of drug-likeness (QED) is 0.497. The van der Waals surface area contributed by atoms with Crippen LogP contribution in [-0.2, 0) is 0 Å². The molecular formula is C8H16N4. The molecule has 1 rings (SSSR count). The lowest BCUT2D eigenvalue weighted by atomic mass is 10.5. The van der Waals surface area contributed by atoms with Gasteiger partial charge in [-0.3, -0.25) is 20.4 Å². The zero-order chi connectivity index (χ0) is 8.81. The summed E-state index contributed by atoms with van der Waals surface area (Å²) in [5.41, 5.74) is 1.93. The molecule has 0 radical (unpaired) electrons. The van der Waals surface area contributed by atoms with Crippen LogP contribution in [0.25, 0.3) is 12.2 Å². The number of aromatic amines is 4. The van der Waals surface area contributed by atoms with Gasteiger partial charge in [0.25, 0.3) is 0 Å². The molecule has 0 aliphatic carbocycles. The lowest BCUT2D eigenvalue weighted by molar-refractivity contribution is 0.774. The molecule has 12 heavy (non-hydrogen) atoms. The van der Waals surface area contributed by atoms with E-state index in [0.29, 0.717) is 0 Å². The topological polar surface area (TPSA) is 63.2 Å². The van der Waals surface area contributed by atoms with E-state index in [9.17, 15) is 0 Å². The summed E-state index contributed by atoms with van der Waals surface area (Å²) in [4.78, 5) is 0. The summed E-state index contributed by atoms with van der Waals surface area (Å²) in [6.07, 6.45) is 6.13. The minimum absolute atomic E-state index is 0.964. The van der Waals surface area contributed by atoms with Crippen molar-refractivity contribution in [2.75, 3.05) is 0 Å². The van der Waals surface area contributed by atoms with Crippen molar-refractivity contribution < 1.29 is 0 Å². The molecule has 4 N–H and O–H groups in total. The summed E-state index contributed by atoms with van der Waals surface area (Å²) in [5.74, 6) is 0. The van der Waals surface area contributed by atoms with E-state index in [-0.39, 0.29) is 0 Å². The monoisotopic (exact) mass is 168 g/mol. The first-order valence-corrected chi connectivity index (χ1v) is 4.31. The third-order valence-electron chi connectivity index (χ3n) is 1.48. The van der Waals surface area contributed by atoms with Crippen LogP contribution in [0.1, 0.15) is 26.7 Å². The summed E-state index contributed by atoms with van der Waals surface area (Å²) in [7, 11) is 0. The summed E-state index contributed by atoms with van der Waals surface area (Å²) in [6.45, 7) is 4.18. The Bertz CT molecular complexity index is 286. The van der Waals surface area contributed by atoms with E-state index in [4.69, 9.17) is 0 Å². The van der Waals surface area contributed by atoms with E-state index in [2.05, 4.69) is 46.4 Å². The highest BCUT2D eigenvalue weighted by Gasteiger charge is 1.75. The van der Waals surface area contributed by atoms with Gasteiger partial charge in [-0.15, -0.1) is 0 Å². The highest BCUT2D eigenvalue weighted by molar-refractivity contribution is 5.13. The Kier molecular flexibility index (Phi) is 3.32. The van der Waals surface area contributed by atoms with E-state index in [1.165, 1.54) is 0 Å². The molecule has 0 bridgehead atoms. The standard InChI is InChI=1S/C8H16N4/c1-3-5-7-9-11-8(6-4-2)12-10-7/h5-6,9-12H,3-4H2,1-2H3. The van der Waals surface area contributed by atoms with Gasteiger partial charge >= 0.3 is 0 Å². The normalized spacial score (nSPS) is 9.50. The van der Waals surface area contributed by atoms with Crippen LogP contribution in [-0.4, -0.2) is 20.4 Å². The van der Waals surface area contributed by atoms with Crippen LogP contribution < -0.4 is 11.0 Å². The van der Waals surface area contributed by atoms with E-state index in [1.54, 1.807) is 0 Å². The van der Waals surface area contributed by atoms with Gasteiger partial charge in [0.05, 0.1) is 0 Å². The van der Waals surface area contributed by atoms with Gasteiger partial charge in [0.1, 0.15) is 11.0 Å². The zero-order valence-electron chi connectivity index (χ0n) is 7.57. The maximum Gasteiger partial charge on any atom is 0.132 e. The molecule has 1 aromatic rings. The van der Waals surface area contributed by atoms with Crippen LogP contribution in [0.4, 0.5) is 0 Å². The van der Waals surface area contributed by atoms with Gasteiger partial charge in [0.15, 0.2) is 0 Å². The minimum Gasteiger partial charge on any atom is -0.284 e. The molecule has 0 saturated heterocycles. The molecule has 68 valence electrons. The van der Waals surface area contributed by atoms with Gasteiger partial charge in [-0.25, -0.2) is 0 Å². The highest BCUT2D eigenvalue weighted by Crippen LogP contribution is 1.71. The molecule has 0 aliphatic heterocycles. The zero-order valence-corrected chi connectivity index (χ0v) is 7.57.